The van der Waals surface area contributed by atoms with Crippen LogP contribution in [0.2, 0.25) is 0 Å². The molecule has 0 fully saturated rings. The summed E-state index contributed by atoms with van der Waals surface area (Å²) in [7, 11) is 0.928. The van der Waals surface area contributed by atoms with E-state index in [4.69, 9.17) is 0 Å². The van der Waals surface area contributed by atoms with Crippen molar-refractivity contribution in [2.24, 2.45) is 5.18 Å². The highest BCUT2D eigenvalue weighted by molar-refractivity contribution is 7.37. The summed E-state index contributed by atoms with van der Waals surface area (Å²) in [4.78, 5) is 9.43. The Hall–Kier alpha value is 0.0300. The molecular weight excluding hydrogens is 109 g/mol. The van der Waals surface area contributed by atoms with Gasteiger partial charge < -0.3 is 0 Å². The van der Waals surface area contributed by atoms with E-state index in [9.17, 15) is 4.91 Å². The lowest BCUT2D eigenvalue weighted by molar-refractivity contribution is 1.12. The summed E-state index contributed by atoms with van der Waals surface area (Å²) in [5.74, 6) is 0. The lowest BCUT2D eigenvalue weighted by Crippen LogP contribution is -1.79. The first-order valence-corrected chi connectivity index (χ1v) is 3.83. The van der Waals surface area contributed by atoms with E-state index in [0.29, 0.717) is 6.54 Å². The highest BCUT2D eigenvalue weighted by Gasteiger charge is 1.79. The molecule has 42 valence electrons. The topological polar surface area (TPSA) is 29.4 Å². The van der Waals surface area contributed by atoms with Crippen LogP contribution >= 0.6 is 8.58 Å². The van der Waals surface area contributed by atoms with Crippen molar-refractivity contribution in [3.05, 3.63) is 4.91 Å². The zero-order valence-corrected chi connectivity index (χ0v) is 5.48. The molecule has 0 radical (unpaired) electrons. The molecular formula is C4H10NOP. The molecule has 0 spiro atoms. The Morgan fingerprint density at radius 3 is 2.86 bits per heavy atom. The molecule has 0 saturated heterocycles. The molecule has 3 heteroatoms. The molecule has 1 unspecified atom stereocenters. The van der Waals surface area contributed by atoms with Crippen molar-refractivity contribution < 1.29 is 0 Å². The quantitative estimate of drug-likeness (QED) is 0.313. The van der Waals surface area contributed by atoms with Crippen LogP contribution in [0.25, 0.3) is 0 Å². The maximum absolute atomic E-state index is 9.43. The summed E-state index contributed by atoms with van der Waals surface area (Å²) >= 11 is 0. The Bertz CT molecular complexity index is 49.0. The Morgan fingerprint density at radius 2 is 2.43 bits per heavy atom. The van der Waals surface area contributed by atoms with E-state index in [1.807, 2.05) is 0 Å². The number of rotatable bonds is 4. The van der Waals surface area contributed by atoms with Gasteiger partial charge in [0.25, 0.3) is 0 Å². The zero-order valence-electron chi connectivity index (χ0n) is 4.48. The molecule has 7 heavy (non-hydrogen) atoms. The Morgan fingerprint density at radius 1 is 1.71 bits per heavy atom. The predicted molar refractivity (Wildman–Crippen MR) is 34.4 cm³/mol. The molecule has 0 bridgehead atoms. The highest BCUT2D eigenvalue weighted by atomic mass is 31.1. The second kappa shape index (κ2) is 6.03. The van der Waals surface area contributed by atoms with E-state index in [1.165, 1.54) is 6.16 Å². The molecule has 0 aromatic rings. The lowest BCUT2D eigenvalue weighted by Gasteiger charge is -1.86. The average Bonchev–Trinajstić information content (AvgIpc) is 1.69. The number of hydrogen-bond donors (Lipinski definition) is 0. The van der Waals surface area contributed by atoms with Gasteiger partial charge in [-0.1, -0.05) is 12.1 Å². The van der Waals surface area contributed by atoms with Gasteiger partial charge >= 0.3 is 0 Å². The van der Waals surface area contributed by atoms with Crippen LogP contribution in [0.4, 0.5) is 0 Å². The van der Waals surface area contributed by atoms with E-state index in [-0.39, 0.29) is 0 Å². The van der Waals surface area contributed by atoms with Gasteiger partial charge in [-0.2, -0.15) is 4.91 Å². The van der Waals surface area contributed by atoms with Crippen molar-refractivity contribution in [3.8, 4) is 0 Å². The van der Waals surface area contributed by atoms with Crippen LogP contribution < -0.4 is 0 Å². The molecule has 0 N–H and O–H groups in total. The van der Waals surface area contributed by atoms with Gasteiger partial charge in [-0.15, -0.1) is 8.58 Å². The van der Waals surface area contributed by atoms with Crippen molar-refractivity contribution in [2.45, 2.75) is 6.92 Å². The first-order valence-electron chi connectivity index (χ1n) is 2.41. The fraction of sp³-hybridized carbons (Fsp3) is 1.00. The van der Waals surface area contributed by atoms with Gasteiger partial charge in [-0.3, -0.25) is 0 Å². The van der Waals surface area contributed by atoms with E-state index in [0.717, 1.165) is 14.7 Å². The minimum absolute atomic E-state index is 0.506. The normalized spacial score (nSPS) is 10.4. The van der Waals surface area contributed by atoms with Crippen LogP contribution in [0.1, 0.15) is 6.92 Å². The summed E-state index contributed by atoms with van der Waals surface area (Å²) < 4.78 is 0. The van der Waals surface area contributed by atoms with E-state index in [1.54, 1.807) is 0 Å². The van der Waals surface area contributed by atoms with E-state index in [2.05, 4.69) is 12.1 Å². The van der Waals surface area contributed by atoms with Crippen LogP contribution in [-0.4, -0.2) is 18.9 Å². The standard InChI is InChI=1S/C4H10NOP/c1-2-7-4-3-5-6/h7H,2-4H2,1H3. The third-order valence-electron chi connectivity index (χ3n) is 0.630. The van der Waals surface area contributed by atoms with Gasteiger partial charge in [0.1, 0.15) is 0 Å². The fourth-order valence-electron chi connectivity index (χ4n) is 0.301. The Kier molecular flexibility index (Phi) is 6.06. The minimum atomic E-state index is 0.506. The third-order valence-corrected chi connectivity index (χ3v) is 1.71. The second-order valence-corrected chi connectivity index (χ2v) is 2.91. The summed E-state index contributed by atoms with van der Waals surface area (Å²) in [6.07, 6.45) is 2.18. The predicted octanol–water partition coefficient (Wildman–Crippen LogP) is 1.45. The third kappa shape index (κ3) is 6.03. The van der Waals surface area contributed by atoms with Crippen LogP contribution in [0.15, 0.2) is 5.18 Å². The molecule has 0 heterocycles. The van der Waals surface area contributed by atoms with Crippen molar-refractivity contribution in [3.63, 3.8) is 0 Å². The summed E-state index contributed by atoms with van der Waals surface area (Å²) in [5, 5.41) is 2.73. The summed E-state index contributed by atoms with van der Waals surface area (Å²) in [6, 6.07) is 0. The van der Waals surface area contributed by atoms with Gasteiger partial charge in [-0.05, 0) is 12.3 Å². The minimum Gasteiger partial charge on any atom is -0.151 e. The van der Waals surface area contributed by atoms with Crippen molar-refractivity contribution in [1.29, 1.82) is 0 Å². The number of nitrogens with zero attached hydrogens (tertiary/aromatic N) is 1. The molecule has 0 aliphatic rings. The lowest BCUT2D eigenvalue weighted by atomic mass is 10.8. The molecule has 0 aliphatic carbocycles. The van der Waals surface area contributed by atoms with Crippen LogP contribution in [-0.2, 0) is 0 Å². The summed E-state index contributed by atoms with van der Waals surface area (Å²) in [6.45, 7) is 2.62. The largest absolute Gasteiger partial charge is 0.151 e. The molecule has 2 nitrogen and oxygen atoms in total. The molecule has 0 aromatic heterocycles. The second-order valence-electron chi connectivity index (χ2n) is 1.21. The first kappa shape index (κ1) is 7.03. The Balaban J connectivity index is 2.56. The van der Waals surface area contributed by atoms with E-state index < -0.39 is 0 Å². The van der Waals surface area contributed by atoms with Gasteiger partial charge in [0.05, 0.1) is 6.54 Å². The van der Waals surface area contributed by atoms with Crippen molar-refractivity contribution in [2.75, 3.05) is 18.9 Å². The monoisotopic (exact) mass is 119 g/mol. The van der Waals surface area contributed by atoms with Crippen molar-refractivity contribution >= 4 is 8.58 Å². The molecule has 0 rings (SSSR count). The smallest absolute Gasteiger partial charge is 0.0847 e. The number of hydrogen-bond acceptors (Lipinski definition) is 2. The van der Waals surface area contributed by atoms with Crippen LogP contribution in [0.5, 0.6) is 0 Å². The average molecular weight is 119 g/mol. The molecule has 0 aromatic carbocycles. The van der Waals surface area contributed by atoms with Gasteiger partial charge in [0.2, 0.25) is 0 Å². The van der Waals surface area contributed by atoms with Crippen molar-refractivity contribution in [1.82, 2.24) is 0 Å². The molecule has 0 aliphatic heterocycles. The van der Waals surface area contributed by atoms with Crippen LogP contribution in [0.3, 0.4) is 0 Å². The van der Waals surface area contributed by atoms with E-state index >= 15 is 0 Å². The Labute approximate surface area is 45.4 Å². The molecule has 0 saturated carbocycles. The highest BCUT2D eigenvalue weighted by Crippen LogP contribution is 2.05. The van der Waals surface area contributed by atoms with Crippen LogP contribution in [0, 0.1) is 4.91 Å². The summed E-state index contributed by atoms with van der Waals surface area (Å²) in [5.41, 5.74) is 0. The fourth-order valence-corrected chi connectivity index (χ4v) is 0.904. The SMILES string of the molecule is CCPCCN=O. The number of nitroso groups, excluding NO2 is 1. The molecule has 0 amide bonds. The van der Waals surface area contributed by atoms with Gasteiger partial charge in [-0.25, -0.2) is 0 Å². The first-order chi connectivity index (χ1) is 3.41. The van der Waals surface area contributed by atoms with Gasteiger partial charge in [0.15, 0.2) is 0 Å². The zero-order chi connectivity index (χ0) is 5.54. The maximum atomic E-state index is 9.43. The molecule has 1 atom stereocenters. The maximum Gasteiger partial charge on any atom is 0.0847 e. The van der Waals surface area contributed by atoms with Gasteiger partial charge in [0, 0.05) is 0 Å².